The maximum Gasteiger partial charge on any atom is 0.294 e. The number of benzene rings is 1. The highest BCUT2D eigenvalue weighted by molar-refractivity contribution is 7.99. The molecule has 0 saturated carbocycles. The van der Waals surface area contributed by atoms with Gasteiger partial charge in [0.15, 0.2) is 0 Å². The topological polar surface area (TPSA) is 97.3 Å². The number of nitrogens with two attached hydrogens (primary N) is 1. The highest BCUT2D eigenvalue weighted by Crippen LogP contribution is 2.15. The molecule has 0 saturated heterocycles. The minimum atomic E-state index is -0.417. The summed E-state index contributed by atoms with van der Waals surface area (Å²) in [6.07, 6.45) is 0. The Labute approximate surface area is 150 Å². The largest absolute Gasteiger partial charge is 0.378 e. The zero-order valence-electron chi connectivity index (χ0n) is 14.8. The molecule has 9 heteroatoms. The van der Waals surface area contributed by atoms with Crippen molar-refractivity contribution in [1.29, 1.82) is 0 Å². The van der Waals surface area contributed by atoms with Crippen molar-refractivity contribution in [3.8, 4) is 0 Å². The maximum atomic E-state index is 12.3. The van der Waals surface area contributed by atoms with E-state index in [0.717, 1.165) is 27.7 Å². The molecule has 2 N–H and O–H groups in total. The van der Waals surface area contributed by atoms with Gasteiger partial charge in [0.25, 0.3) is 5.56 Å². The number of carbonyl (C=O) groups excluding carboxylic acids is 1. The smallest absolute Gasteiger partial charge is 0.294 e. The molecule has 2 aromatic rings. The molecule has 25 heavy (non-hydrogen) atoms. The average Bonchev–Trinajstić information content (AvgIpc) is 2.59. The summed E-state index contributed by atoms with van der Waals surface area (Å²) >= 11 is 1.09. The van der Waals surface area contributed by atoms with E-state index in [4.69, 9.17) is 5.84 Å². The van der Waals surface area contributed by atoms with Gasteiger partial charge in [-0.15, -0.1) is 10.2 Å². The first-order valence-electron chi connectivity index (χ1n) is 7.64. The van der Waals surface area contributed by atoms with E-state index in [1.54, 1.807) is 11.9 Å². The van der Waals surface area contributed by atoms with E-state index in [-0.39, 0.29) is 22.5 Å². The fourth-order valence-corrected chi connectivity index (χ4v) is 2.86. The Hall–Kier alpha value is -2.55. The molecule has 0 fully saturated rings. The normalized spacial score (nSPS) is 10.6. The molecular formula is C16H22N6O2S. The highest BCUT2D eigenvalue weighted by atomic mass is 32.2. The third kappa shape index (κ3) is 4.72. The Balaban J connectivity index is 1.94. The number of anilines is 1. The summed E-state index contributed by atoms with van der Waals surface area (Å²) in [6, 6.07) is 8.01. The molecule has 0 bridgehead atoms. The second kappa shape index (κ2) is 8.02. The van der Waals surface area contributed by atoms with E-state index in [9.17, 15) is 9.59 Å². The van der Waals surface area contributed by atoms with E-state index in [1.165, 1.54) is 6.92 Å². The number of aromatic nitrogens is 3. The summed E-state index contributed by atoms with van der Waals surface area (Å²) in [5.41, 5.74) is 1.94. The van der Waals surface area contributed by atoms with E-state index < -0.39 is 5.56 Å². The molecule has 1 amide bonds. The van der Waals surface area contributed by atoms with Crippen molar-refractivity contribution < 1.29 is 4.79 Å². The van der Waals surface area contributed by atoms with Gasteiger partial charge in [0.2, 0.25) is 11.1 Å². The third-order valence-corrected chi connectivity index (χ3v) is 4.57. The number of thioether (sulfide) groups is 1. The molecule has 0 spiro atoms. The Morgan fingerprint density at radius 3 is 2.44 bits per heavy atom. The molecule has 0 atom stereocenters. The van der Waals surface area contributed by atoms with Gasteiger partial charge in [0.05, 0.1) is 5.75 Å². The van der Waals surface area contributed by atoms with Crippen molar-refractivity contribution in [3.63, 3.8) is 0 Å². The SMILES string of the molecule is Cc1nnc(SCC(=O)N(C)Cc2ccc(N(C)C)cc2)n(N)c1=O. The summed E-state index contributed by atoms with van der Waals surface area (Å²) in [5, 5.41) is 7.81. The predicted octanol–water partition coefficient (Wildman–Crippen LogP) is 0.477. The Kier molecular flexibility index (Phi) is 6.02. The lowest BCUT2D eigenvalue weighted by molar-refractivity contribution is -0.127. The number of hydrogen-bond donors (Lipinski definition) is 1. The Morgan fingerprint density at radius 1 is 1.20 bits per heavy atom. The molecule has 0 aliphatic carbocycles. The Morgan fingerprint density at radius 2 is 1.84 bits per heavy atom. The van der Waals surface area contributed by atoms with Gasteiger partial charge in [0, 0.05) is 33.4 Å². The Bertz CT molecular complexity index is 803. The average molecular weight is 362 g/mol. The molecule has 2 rings (SSSR count). The molecule has 0 aliphatic heterocycles. The van der Waals surface area contributed by atoms with Crippen molar-refractivity contribution in [3.05, 3.63) is 45.9 Å². The first-order chi connectivity index (χ1) is 11.8. The lowest BCUT2D eigenvalue weighted by atomic mass is 10.2. The number of amides is 1. The molecule has 134 valence electrons. The summed E-state index contributed by atoms with van der Waals surface area (Å²) < 4.78 is 0.917. The number of carbonyl (C=O) groups is 1. The summed E-state index contributed by atoms with van der Waals surface area (Å²) in [5.74, 6) is 5.70. The lowest BCUT2D eigenvalue weighted by Crippen LogP contribution is -2.33. The molecule has 1 aromatic carbocycles. The van der Waals surface area contributed by atoms with E-state index >= 15 is 0 Å². The minimum absolute atomic E-state index is 0.0866. The van der Waals surface area contributed by atoms with Gasteiger partial charge in [-0.3, -0.25) is 9.59 Å². The quantitative estimate of drug-likeness (QED) is 0.589. The van der Waals surface area contributed by atoms with Crippen molar-refractivity contribution in [2.75, 3.05) is 37.6 Å². The number of rotatable bonds is 6. The van der Waals surface area contributed by atoms with Crippen LogP contribution in [0.3, 0.4) is 0 Å². The van der Waals surface area contributed by atoms with E-state index in [0.29, 0.717) is 6.54 Å². The molecule has 0 unspecified atom stereocenters. The minimum Gasteiger partial charge on any atom is -0.378 e. The molecule has 8 nitrogen and oxygen atoms in total. The standard InChI is InChI=1S/C16H22N6O2S/c1-11-15(24)22(17)16(19-18-11)25-10-14(23)21(4)9-12-5-7-13(8-6-12)20(2)3/h5-8H,9-10,17H2,1-4H3. The van der Waals surface area contributed by atoms with Crippen molar-refractivity contribution in [2.45, 2.75) is 18.6 Å². The van der Waals surface area contributed by atoms with Crippen LogP contribution < -0.4 is 16.3 Å². The maximum absolute atomic E-state index is 12.3. The van der Waals surface area contributed by atoms with Crippen molar-refractivity contribution >= 4 is 23.4 Å². The van der Waals surface area contributed by atoms with Crippen LogP contribution in [0.5, 0.6) is 0 Å². The predicted molar refractivity (Wildman–Crippen MR) is 99.1 cm³/mol. The summed E-state index contributed by atoms with van der Waals surface area (Å²) in [4.78, 5) is 27.6. The zero-order valence-corrected chi connectivity index (χ0v) is 15.6. The highest BCUT2D eigenvalue weighted by Gasteiger charge is 2.13. The third-order valence-electron chi connectivity index (χ3n) is 3.64. The molecule has 0 radical (unpaired) electrons. The first-order valence-corrected chi connectivity index (χ1v) is 8.62. The van der Waals surface area contributed by atoms with Crippen LogP contribution in [0.4, 0.5) is 5.69 Å². The number of nitrogen functional groups attached to an aromatic ring is 1. The van der Waals surface area contributed by atoms with Crippen LogP contribution in [0.15, 0.2) is 34.2 Å². The van der Waals surface area contributed by atoms with Crippen molar-refractivity contribution in [2.24, 2.45) is 0 Å². The van der Waals surface area contributed by atoms with E-state index in [2.05, 4.69) is 10.2 Å². The molecule has 1 heterocycles. The lowest BCUT2D eigenvalue weighted by Gasteiger charge is -2.18. The second-order valence-corrected chi connectivity index (χ2v) is 6.78. The van der Waals surface area contributed by atoms with Crippen LogP contribution in [0, 0.1) is 6.92 Å². The number of nitrogens with zero attached hydrogens (tertiary/aromatic N) is 5. The van der Waals surface area contributed by atoms with Gasteiger partial charge in [-0.25, -0.2) is 0 Å². The van der Waals surface area contributed by atoms with Crippen LogP contribution in [-0.4, -0.2) is 52.6 Å². The molecule has 1 aromatic heterocycles. The van der Waals surface area contributed by atoms with Crippen molar-refractivity contribution in [1.82, 2.24) is 19.8 Å². The van der Waals surface area contributed by atoms with Gasteiger partial charge in [-0.05, 0) is 24.6 Å². The fraction of sp³-hybridized carbons (Fsp3) is 0.375. The van der Waals surface area contributed by atoms with Gasteiger partial charge in [0.1, 0.15) is 5.69 Å². The monoisotopic (exact) mass is 362 g/mol. The molecular weight excluding hydrogens is 340 g/mol. The molecule has 0 aliphatic rings. The van der Waals surface area contributed by atoms with Crippen LogP contribution in [0.25, 0.3) is 0 Å². The summed E-state index contributed by atoms with van der Waals surface area (Å²) in [7, 11) is 5.69. The van der Waals surface area contributed by atoms with Gasteiger partial charge in [-0.2, -0.15) is 4.68 Å². The fourth-order valence-electron chi connectivity index (χ4n) is 2.07. The summed E-state index contributed by atoms with van der Waals surface area (Å²) in [6.45, 7) is 2.04. The van der Waals surface area contributed by atoms with E-state index in [1.807, 2.05) is 43.3 Å². The first kappa shape index (κ1) is 18.8. The number of aryl methyl sites for hydroxylation is 1. The van der Waals surface area contributed by atoms with Gasteiger partial charge in [-0.1, -0.05) is 23.9 Å². The van der Waals surface area contributed by atoms with Crippen LogP contribution >= 0.6 is 11.8 Å². The number of hydrogen-bond acceptors (Lipinski definition) is 7. The van der Waals surface area contributed by atoms with Gasteiger partial charge >= 0.3 is 0 Å². The van der Waals surface area contributed by atoms with Crippen LogP contribution in [0.1, 0.15) is 11.3 Å². The van der Waals surface area contributed by atoms with Crippen LogP contribution in [0.2, 0.25) is 0 Å². The second-order valence-electron chi connectivity index (χ2n) is 5.84. The van der Waals surface area contributed by atoms with Gasteiger partial charge < -0.3 is 15.6 Å². The van der Waals surface area contributed by atoms with Crippen LogP contribution in [-0.2, 0) is 11.3 Å². The zero-order chi connectivity index (χ0) is 18.6.